The third kappa shape index (κ3) is 3.83. The highest BCUT2D eigenvalue weighted by Gasteiger charge is 2.21. The van der Waals surface area contributed by atoms with E-state index in [0.717, 1.165) is 34.7 Å². The third-order valence-electron chi connectivity index (χ3n) is 5.58. The number of fused-ring (bicyclic) bond motifs is 1. The Morgan fingerprint density at radius 1 is 1.19 bits per heavy atom. The van der Waals surface area contributed by atoms with Crippen LogP contribution in [0.3, 0.4) is 0 Å². The van der Waals surface area contributed by atoms with E-state index in [0.29, 0.717) is 26.3 Å². The van der Waals surface area contributed by atoms with Gasteiger partial charge in [0, 0.05) is 25.0 Å². The lowest BCUT2D eigenvalue weighted by atomic mass is 10.0. The molecule has 1 aliphatic heterocycles. The zero-order valence-electron chi connectivity index (χ0n) is 15.2. The van der Waals surface area contributed by atoms with Crippen molar-refractivity contribution in [3.05, 3.63) is 35.9 Å². The molecule has 2 aromatic rings. The summed E-state index contributed by atoms with van der Waals surface area (Å²) in [6.45, 7) is 3.45. The molecule has 138 valence electrons. The number of nitrogens with zero attached hydrogens (tertiary/aromatic N) is 2. The topological polar surface area (TPSA) is 54.5 Å². The van der Waals surface area contributed by atoms with Crippen molar-refractivity contribution in [3.8, 4) is 0 Å². The summed E-state index contributed by atoms with van der Waals surface area (Å²) >= 11 is 0. The number of morpholine rings is 1. The zero-order valence-corrected chi connectivity index (χ0v) is 15.2. The van der Waals surface area contributed by atoms with Gasteiger partial charge in [-0.15, -0.1) is 0 Å². The van der Waals surface area contributed by atoms with Crippen LogP contribution in [0.2, 0.25) is 0 Å². The maximum absolute atomic E-state index is 13.1. The largest absolute Gasteiger partial charge is 0.378 e. The van der Waals surface area contributed by atoms with E-state index in [2.05, 4.69) is 5.32 Å². The van der Waals surface area contributed by atoms with Gasteiger partial charge >= 0.3 is 0 Å². The van der Waals surface area contributed by atoms with Gasteiger partial charge in [-0.1, -0.05) is 43.9 Å². The SMILES string of the molecule is O=C(c1cc(NCCC2CCCC2)nc2ccccc12)N1CCOCC1. The van der Waals surface area contributed by atoms with Gasteiger partial charge in [-0.25, -0.2) is 4.98 Å². The first-order valence-electron chi connectivity index (χ1n) is 9.82. The summed E-state index contributed by atoms with van der Waals surface area (Å²) < 4.78 is 5.38. The fourth-order valence-corrected chi connectivity index (χ4v) is 4.08. The fraction of sp³-hybridized carbons (Fsp3) is 0.524. The molecule has 0 radical (unpaired) electrons. The van der Waals surface area contributed by atoms with E-state index in [4.69, 9.17) is 9.72 Å². The Kier molecular flexibility index (Phi) is 5.34. The van der Waals surface area contributed by atoms with E-state index >= 15 is 0 Å². The van der Waals surface area contributed by atoms with Crippen LogP contribution in [0.25, 0.3) is 10.9 Å². The molecule has 1 aromatic carbocycles. The average molecular weight is 353 g/mol. The summed E-state index contributed by atoms with van der Waals surface area (Å²) in [5.74, 6) is 1.72. The van der Waals surface area contributed by atoms with Crippen molar-refractivity contribution in [1.82, 2.24) is 9.88 Å². The molecule has 1 saturated carbocycles. The van der Waals surface area contributed by atoms with E-state index in [-0.39, 0.29) is 5.91 Å². The number of anilines is 1. The summed E-state index contributed by atoms with van der Waals surface area (Å²) in [6, 6.07) is 9.83. The first-order chi connectivity index (χ1) is 12.8. The molecule has 0 spiro atoms. The Balaban J connectivity index is 1.55. The highest BCUT2D eigenvalue weighted by atomic mass is 16.5. The van der Waals surface area contributed by atoms with Crippen LogP contribution in [0, 0.1) is 5.92 Å². The van der Waals surface area contributed by atoms with Gasteiger partial charge < -0.3 is 15.0 Å². The summed E-state index contributed by atoms with van der Waals surface area (Å²) in [6.07, 6.45) is 6.64. The number of amides is 1. The maximum atomic E-state index is 13.1. The second-order valence-electron chi connectivity index (χ2n) is 7.34. The number of rotatable bonds is 5. The molecule has 2 aliphatic rings. The first kappa shape index (κ1) is 17.3. The summed E-state index contributed by atoms with van der Waals surface area (Å²) in [4.78, 5) is 19.7. The molecule has 26 heavy (non-hydrogen) atoms. The number of hydrogen-bond acceptors (Lipinski definition) is 4. The predicted octanol–water partition coefficient (Wildman–Crippen LogP) is 3.70. The fourth-order valence-electron chi connectivity index (χ4n) is 4.08. The van der Waals surface area contributed by atoms with Crippen LogP contribution in [0.15, 0.2) is 30.3 Å². The third-order valence-corrected chi connectivity index (χ3v) is 5.58. The van der Waals surface area contributed by atoms with Crippen LogP contribution in [0.4, 0.5) is 5.82 Å². The van der Waals surface area contributed by atoms with Crippen LogP contribution in [-0.4, -0.2) is 48.6 Å². The van der Waals surface area contributed by atoms with E-state index in [1.165, 1.54) is 32.1 Å². The van der Waals surface area contributed by atoms with Gasteiger partial charge in [-0.05, 0) is 24.5 Å². The molecule has 0 atom stereocenters. The lowest BCUT2D eigenvalue weighted by molar-refractivity contribution is 0.0304. The Hall–Kier alpha value is -2.14. The van der Waals surface area contributed by atoms with Crippen molar-refractivity contribution in [2.45, 2.75) is 32.1 Å². The van der Waals surface area contributed by atoms with Crippen molar-refractivity contribution in [1.29, 1.82) is 0 Å². The van der Waals surface area contributed by atoms with E-state index in [9.17, 15) is 4.79 Å². The first-order valence-corrected chi connectivity index (χ1v) is 9.82. The standard InChI is InChI=1S/C21H27N3O2/c25-21(24-11-13-26-14-12-24)18-15-20(22-10-9-16-5-1-2-6-16)23-19-8-4-3-7-17(18)19/h3-4,7-8,15-16H,1-2,5-6,9-14H2,(H,22,23). The molecule has 0 unspecified atom stereocenters. The van der Waals surface area contributed by atoms with E-state index in [1.54, 1.807) is 0 Å². The van der Waals surface area contributed by atoms with Crippen LogP contribution < -0.4 is 5.32 Å². The Bertz CT molecular complexity index is 765. The minimum atomic E-state index is 0.0748. The zero-order chi connectivity index (χ0) is 17.8. The van der Waals surface area contributed by atoms with Crippen molar-refractivity contribution in [2.24, 2.45) is 5.92 Å². The normalized spacial score (nSPS) is 18.4. The summed E-state index contributed by atoms with van der Waals surface area (Å²) in [5.41, 5.74) is 1.61. The number of carbonyl (C=O) groups excluding carboxylic acids is 1. The second kappa shape index (κ2) is 8.04. The molecule has 1 aromatic heterocycles. The van der Waals surface area contributed by atoms with Gasteiger partial charge in [0.05, 0.1) is 24.3 Å². The van der Waals surface area contributed by atoms with Gasteiger partial charge in [0.1, 0.15) is 5.82 Å². The monoisotopic (exact) mass is 353 g/mol. The molecule has 1 N–H and O–H groups in total. The maximum Gasteiger partial charge on any atom is 0.254 e. The highest BCUT2D eigenvalue weighted by Crippen LogP contribution is 2.28. The molecule has 2 fully saturated rings. The lowest BCUT2D eigenvalue weighted by Crippen LogP contribution is -2.40. The minimum Gasteiger partial charge on any atom is -0.378 e. The molecule has 1 amide bonds. The van der Waals surface area contributed by atoms with Crippen LogP contribution in [0.5, 0.6) is 0 Å². The molecule has 1 aliphatic carbocycles. The Labute approximate surface area is 154 Å². The molecular formula is C21H27N3O2. The molecule has 4 rings (SSSR count). The number of benzene rings is 1. The summed E-state index contributed by atoms with van der Waals surface area (Å²) in [7, 11) is 0. The number of carbonyl (C=O) groups is 1. The average Bonchev–Trinajstić information content (AvgIpc) is 3.21. The molecule has 5 heteroatoms. The van der Waals surface area contributed by atoms with E-state index < -0.39 is 0 Å². The number of nitrogens with one attached hydrogen (secondary N) is 1. The van der Waals surface area contributed by atoms with Crippen molar-refractivity contribution in [2.75, 3.05) is 38.2 Å². The van der Waals surface area contributed by atoms with Crippen molar-refractivity contribution >= 4 is 22.6 Å². The van der Waals surface area contributed by atoms with Crippen molar-refractivity contribution < 1.29 is 9.53 Å². The van der Waals surface area contributed by atoms with Crippen molar-refractivity contribution in [3.63, 3.8) is 0 Å². The Morgan fingerprint density at radius 3 is 2.77 bits per heavy atom. The lowest BCUT2D eigenvalue weighted by Gasteiger charge is -2.27. The van der Waals surface area contributed by atoms with Gasteiger partial charge in [0.15, 0.2) is 0 Å². The highest BCUT2D eigenvalue weighted by molar-refractivity contribution is 6.07. The van der Waals surface area contributed by atoms with Crippen LogP contribution >= 0.6 is 0 Å². The van der Waals surface area contributed by atoms with Crippen LogP contribution in [-0.2, 0) is 4.74 Å². The number of aromatic nitrogens is 1. The van der Waals surface area contributed by atoms with Gasteiger partial charge in [-0.2, -0.15) is 0 Å². The summed E-state index contributed by atoms with van der Waals surface area (Å²) in [5, 5.41) is 4.38. The van der Waals surface area contributed by atoms with E-state index in [1.807, 2.05) is 35.2 Å². The Morgan fingerprint density at radius 2 is 1.96 bits per heavy atom. The predicted molar refractivity (Wildman–Crippen MR) is 104 cm³/mol. The molecule has 1 saturated heterocycles. The van der Waals surface area contributed by atoms with Gasteiger partial charge in [0.25, 0.3) is 5.91 Å². The minimum absolute atomic E-state index is 0.0748. The number of para-hydroxylation sites is 1. The second-order valence-corrected chi connectivity index (χ2v) is 7.34. The molecule has 2 heterocycles. The molecule has 5 nitrogen and oxygen atoms in total. The van der Waals surface area contributed by atoms with Gasteiger partial charge in [0.2, 0.25) is 0 Å². The number of pyridine rings is 1. The molecule has 0 bridgehead atoms. The molecular weight excluding hydrogens is 326 g/mol. The quantitative estimate of drug-likeness (QED) is 0.890. The smallest absolute Gasteiger partial charge is 0.254 e. The number of hydrogen-bond donors (Lipinski definition) is 1. The van der Waals surface area contributed by atoms with Crippen LogP contribution in [0.1, 0.15) is 42.5 Å². The number of ether oxygens (including phenoxy) is 1. The van der Waals surface area contributed by atoms with Gasteiger partial charge in [-0.3, -0.25) is 4.79 Å².